The standard InChI is InChI=1S/C16H24N2O/c1-19-16-8-6-13-5-7-15(11-14(13)12-16)17-18-9-3-2-4-10-18/h6,8,12,15,17H,2-5,7,9-11H2,1H3. The van der Waals surface area contributed by atoms with Gasteiger partial charge in [0.05, 0.1) is 7.11 Å². The second-order valence-corrected chi connectivity index (χ2v) is 5.75. The number of benzene rings is 1. The van der Waals surface area contributed by atoms with E-state index in [4.69, 9.17) is 4.74 Å². The van der Waals surface area contributed by atoms with Gasteiger partial charge in [-0.2, -0.15) is 0 Å². The van der Waals surface area contributed by atoms with Crippen LogP contribution in [0.25, 0.3) is 0 Å². The summed E-state index contributed by atoms with van der Waals surface area (Å²) >= 11 is 0. The highest BCUT2D eigenvalue weighted by molar-refractivity contribution is 5.37. The fourth-order valence-corrected chi connectivity index (χ4v) is 3.25. The molecular weight excluding hydrogens is 236 g/mol. The van der Waals surface area contributed by atoms with E-state index < -0.39 is 0 Å². The summed E-state index contributed by atoms with van der Waals surface area (Å²) in [7, 11) is 1.74. The number of hydrogen-bond acceptors (Lipinski definition) is 3. The molecule has 1 unspecified atom stereocenters. The van der Waals surface area contributed by atoms with Crippen molar-refractivity contribution >= 4 is 0 Å². The highest BCUT2D eigenvalue weighted by Crippen LogP contribution is 2.26. The molecule has 0 saturated carbocycles. The van der Waals surface area contributed by atoms with Gasteiger partial charge >= 0.3 is 0 Å². The lowest BCUT2D eigenvalue weighted by Gasteiger charge is -2.34. The van der Waals surface area contributed by atoms with Crippen molar-refractivity contribution in [3.8, 4) is 5.75 Å². The van der Waals surface area contributed by atoms with Gasteiger partial charge in [-0.3, -0.25) is 5.43 Å². The molecule has 3 heteroatoms. The fourth-order valence-electron chi connectivity index (χ4n) is 3.25. The number of nitrogens with zero attached hydrogens (tertiary/aromatic N) is 1. The maximum absolute atomic E-state index is 5.33. The maximum atomic E-state index is 5.33. The quantitative estimate of drug-likeness (QED) is 0.904. The molecule has 0 bridgehead atoms. The maximum Gasteiger partial charge on any atom is 0.119 e. The molecule has 3 rings (SSSR count). The molecule has 1 aromatic carbocycles. The number of rotatable bonds is 3. The van der Waals surface area contributed by atoms with Crippen LogP contribution < -0.4 is 10.2 Å². The van der Waals surface area contributed by atoms with Gasteiger partial charge in [-0.15, -0.1) is 0 Å². The Kier molecular flexibility index (Phi) is 4.04. The van der Waals surface area contributed by atoms with Crippen molar-refractivity contribution < 1.29 is 4.74 Å². The Balaban J connectivity index is 1.63. The van der Waals surface area contributed by atoms with Gasteiger partial charge in [-0.05, 0) is 55.4 Å². The van der Waals surface area contributed by atoms with E-state index >= 15 is 0 Å². The predicted octanol–water partition coefficient (Wildman–Crippen LogP) is 2.54. The third kappa shape index (κ3) is 3.10. The highest BCUT2D eigenvalue weighted by Gasteiger charge is 2.21. The van der Waals surface area contributed by atoms with Crippen LogP contribution in [0.5, 0.6) is 5.75 Å². The summed E-state index contributed by atoms with van der Waals surface area (Å²) in [5.74, 6) is 0.984. The Morgan fingerprint density at radius 3 is 2.79 bits per heavy atom. The van der Waals surface area contributed by atoms with E-state index in [0.29, 0.717) is 6.04 Å². The second kappa shape index (κ2) is 5.93. The Morgan fingerprint density at radius 1 is 1.16 bits per heavy atom. The lowest BCUT2D eigenvalue weighted by atomic mass is 9.88. The van der Waals surface area contributed by atoms with Gasteiger partial charge in [0, 0.05) is 19.1 Å². The third-order valence-electron chi connectivity index (χ3n) is 4.36. The molecule has 19 heavy (non-hydrogen) atoms. The van der Waals surface area contributed by atoms with Crippen molar-refractivity contribution in [3.05, 3.63) is 29.3 Å². The van der Waals surface area contributed by atoms with Crippen molar-refractivity contribution in [1.29, 1.82) is 0 Å². The largest absolute Gasteiger partial charge is 0.497 e. The van der Waals surface area contributed by atoms with E-state index in [1.54, 1.807) is 7.11 Å². The Bertz CT molecular complexity index is 427. The van der Waals surface area contributed by atoms with Gasteiger partial charge in [0.15, 0.2) is 0 Å². The van der Waals surface area contributed by atoms with Gasteiger partial charge in [0.1, 0.15) is 5.75 Å². The first-order valence-electron chi connectivity index (χ1n) is 7.52. The van der Waals surface area contributed by atoms with E-state index in [-0.39, 0.29) is 0 Å². The molecule has 1 aliphatic carbocycles. The molecule has 1 fully saturated rings. The third-order valence-corrected chi connectivity index (χ3v) is 4.36. The SMILES string of the molecule is COc1ccc2c(c1)CC(NN1CCCCC1)CC2. The first kappa shape index (κ1) is 12.9. The van der Waals surface area contributed by atoms with Crippen molar-refractivity contribution in [2.75, 3.05) is 20.2 Å². The average molecular weight is 260 g/mol. The van der Waals surface area contributed by atoms with Crippen LogP contribution >= 0.6 is 0 Å². The van der Waals surface area contributed by atoms with Crippen LogP contribution in [-0.4, -0.2) is 31.3 Å². The number of aryl methyl sites for hydroxylation is 1. The first-order valence-corrected chi connectivity index (χ1v) is 7.52. The van der Waals surface area contributed by atoms with Crippen LogP contribution in [0.2, 0.25) is 0 Å². The number of hydrogen-bond donors (Lipinski definition) is 1. The molecule has 0 spiro atoms. The summed E-state index contributed by atoms with van der Waals surface area (Å²) in [4.78, 5) is 0. The Labute approximate surface area is 115 Å². The van der Waals surface area contributed by atoms with Gasteiger partial charge < -0.3 is 4.74 Å². The summed E-state index contributed by atoms with van der Waals surface area (Å²) in [6.07, 6.45) is 7.63. The summed E-state index contributed by atoms with van der Waals surface area (Å²) in [5, 5.41) is 2.43. The zero-order valence-corrected chi connectivity index (χ0v) is 11.8. The summed E-state index contributed by atoms with van der Waals surface area (Å²) in [6.45, 7) is 2.42. The summed E-state index contributed by atoms with van der Waals surface area (Å²) in [5.41, 5.74) is 6.68. The molecule has 1 N–H and O–H groups in total. The lowest BCUT2D eigenvalue weighted by molar-refractivity contribution is 0.123. The smallest absolute Gasteiger partial charge is 0.119 e. The molecule has 1 aromatic rings. The zero-order valence-electron chi connectivity index (χ0n) is 11.8. The average Bonchev–Trinajstić information content (AvgIpc) is 2.47. The van der Waals surface area contributed by atoms with E-state index in [1.807, 2.05) is 0 Å². The van der Waals surface area contributed by atoms with E-state index in [2.05, 4.69) is 28.6 Å². The molecule has 0 aromatic heterocycles. The topological polar surface area (TPSA) is 24.5 Å². The summed E-state index contributed by atoms with van der Waals surface area (Å²) in [6, 6.07) is 7.11. The molecule has 104 valence electrons. The highest BCUT2D eigenvalue weighted by atomic mass is 16.5. The zero-order chi connectivity index (χ0) is 13.1. The molecule has 2 aliphatic rings. The van der Waals surface area contributed by atoms with Gasteiger partial charge in [-0.25, -0.2) is 5.01 Å². The molecule has 3 nitrogen and oxygen atoms in total. The number of nitrogens with one attached hydrogen (secondary N) is 1. The fraction of sp³-hybridized carbons (Fsp3) is 0.625. The van der Waals surface area contributed by atoms with Crippen molar-refractivity contribution in [2.45, 2.75) is 44.6 Å². The Hall–Kier alpha value is -1.06. The van der Waals surface area contributed by atoms with Crippen molar-refractivity contribution in [2.24, 2.45) is 0 Å². The molecule has 0 amide bonds. The number of fused-ring (bicyclic) bond motifs is 1. The number of methoxy groups -OCH3 is 1. The molecule has 1 aliphatic heterocycles. The predicted molar refractivity (Wildman–Crippen MR) is 77.4 cm³/mol. The van der Waals surface area contributed by atoms with Crippen LogP contribution in [0, 0.1) is 0 Å². The van der Waals surface area contributed by atoms with Gasteiger partial charge in [0.2, 0.25) is 0 Å². The van der Waals surface area contributed by atoms with Crippen LogP contribution in [0.3, 0.4) is 0 Å². The molecule has 1 heterocycles. The number of piperidine rings is 1. The normalized spacial score (nSPS) is 23.9. The Morgan fingerprint density at radius 2 is 2.00 bits per heavy atom. The van der Waals surface area contributed by atoms with E-state index in [9.17, 15) is 0 Å². The van der Waals surface area contributed by atoms with Gasteiger partial charge in [-0.1, -0.05) is 12.5 Å². The lowest BCUT2D eigenvalue weighted by Crippen LogP contribution is -2.49. The van der Waals surface area contributed by atoms with Crippen LogP contribution in [0.1, 0.15) is 36.8 Å². The first-order chi connectivity index (χ1) is 9.35. The molecular formula is C16H24N2O. The van der Waals surface area contributed by atoms with E-state index in [0.717, 1.165) is 12.2 Å². The van der Waals surface area contributed by atoms with Crippen LogP contribution in [0.15, 0.2) is 18.2 Å². The van der Waals surface area contributed by atoms with Crippen LogP contribution in [0.4, 0.5) is 0 Å². The summed E-state index contributed by atoms with van der Waals surface area (Å²) < 4.78 is 5.33. The van der Waals surface area contributed by atoms with Crippen molar-refractivity contribution in [3.63, 3.8) is 0 Å². The molecule has 0 radical (unpaired) electrons. The number of ether oxygens (including phenoxy) is 1. The van der Waals surface area contributed by atoms with Crippen LogP contribution in [-0.2, 0) is 12.8 Å². The number of hydrazine groups is 1. The minimum absolute atomic E-state index is 0.595. The monoisotopic (exact) mass is 260 g/mol. The minimum atomic E-state index is 0.595. The van der Waals surface area contributed by atoms with E-state index in [1.165, 1.54) is 56.3 Å². The minimum Gasteiger partial charge on any atom is -0.497 e. The van der Waals surface area contributed by atoms with Gasteiger partial charge in [0.25, 0.3) is 0 Å². The molecule has 1 saturated heterocycles. The van der Waals surface area contributed by atoms with Crippen molar-refractivity contribution in [1.82, 2.24) is 10.4 Å². The molecule has 1 atom stereocenters. The second-order valence-electron chi connectivity index (χ2n) is 5.75.